The van der Waals surface area contributed by atoms with E-state index < -0.39 is 5.41 Å². The molecule has 1 saturated carbocycles. The summed E-state index contributed by atoms with van der Waals surface area (Å²) < 4.78 is 5.13. The van der Waals surface area contributed by atoms with Crippen molar-refractivity contribution in [3.8, 4) is 5.75 Å². The Morgan fingerprint density at radius 1 is 1.16 bits per heavy atom. The summed E-state index contributed by atoms with van der Waals surface area (Å²) in [5.74, 6) is 0.114. The molecule has 25 heavy (non-hydrogen) atoms. The van der Waals surface area contributed by atoms with Crippen LogP contribution in [0.1, 0.15) is 44.6 Å². The molecule has 0 unspecified atom stereocenters. The SMILES string of the molecule is COc1ccc(CN2CC(=O)/C(=C(\O)C3(C)CCCCC3)C2=O)cc1. The van der Waals surface area contributed by atoms with Gasteiger partial charge < -0.3 is 14.7 Å². The fourth-order valence-corrected chi connectivity index (χ4v) is 3.78. The van der Waals surface area contributed by atoms with Gasteiger partial charge >= 0.3 is 0 Å². The number of carbonyl (C=O) groups is 2. The third-order valence-electron chi connectivity index (χ3n) is 5.41. The maximum absolute atomic E-state index is 12.7. The number of amides is 1. The van der Waals surface area contributed by atoms with Gasteiger partial charge in [-0.15, -0.1) is 0 Å². The normalized spacial score (nSPS) is 22.2. The minimum Gasteiger partial charge on any atom is -0.511 e. The van der Waals surface area contributed by atoms with Crippen LogP contribution in [0.25, 0.3) is 0 Å². The maximum Gasteiger partial charge on any atom is 0.261 e. The number of Topliss-reactive ketones (excluding diaryl/α,β-unsaturated/α-hetero) is 1. The van der Waals surface area contributed by atoms with E-state index in [9.17, 15) is 14.7 Å². The largest absolute Gasteiger partial charge is 0.511 e. The van der Waals surface area contributed by atoms with E-state index in [2.05, 4.69) is 0 Å². The quantitative estimate of drug-likeness (QED) is 0.517. The zero-order valence-electron chi connectivity index (χ0n) is 14.9. The van der Waals surface area contributed by atoms with Crippen molar-refractivity contribution in [1.29, 1.82) is 0 Å². The van der Waals surface area contributed by atoms with Crippen molar-refractivity contribution in [2.75, 3.05) is 13.7 Å². The molecule has 1 N–H and O–H groups in total. The molecule has 2 fully saturated rings. The molecule has 3 rings (SSSR count). The van der Waals surface area contributed by atoms with Crippen molar-refractivity contribution in [1.82, 2.24) is 4.90 Å². The number of allylic oxidation sites excluding steroid dienone is 1. The Morgan fingerprint density at radius 2 is 1.80 bits per heavy atom. The van der Waals surface area contributed by atoms with E-state index >= 15 is 0 Å². The van der Waals surface area contributed by atoms with Gasteiger partial charge in [-0.2, -0.15) is 0 Å². The highest BCUT2D eigenvalue weighted by Crippen LogP contribution is 2.43. The number of aliphatic hydroxyl groups excluding tert-OH is 1. The van der Waals surface area contributed by atoms with Gasteiger partial charge in [-0.25, -0.2) is 0 Å². The van der Waals surface area contributed by atoms with Crippen molar-refractivity contribution in [2.24, 2.45) is 5.41 Å². The van der Waals surface area contributed by atoms with Crippen LogP contribution in [0.5, 0.6) is 5.75 Å². The van der Waals surface area contributed by atoms with Crippen LogP contribution in [0.4, 0.5) is 0 Å². The Morgan fingerprint density at radius 3 is 2.40 bits per heavy atom. The Balaban J connectivity index is 1.80. The predicted octanol–water partition coefficient (Wildman–Crippen LogP) is 3.39. The zero-order valence-corrected chi connectivity index (χ0v) is 14.9. The summed E-state index contributed by atoms with van der Waals surface area (Å²) in [6.07, 6.45) is 4.82. The molecule has 134 valence electrons. The van der Waals surface area contributed by atoms with Crippen molar-refractivity contribution >= 4 is 11.7 Å². The fourth-order valence-electron chi connectivity index (χ4n) is 3.78. The first kappa shape index (κ1) is 17.5. The molecule has 0 spiro atoms. The first-order valence-electron chi connectivity index (χ1n) is 8.84. The molecule has 0 atom stereocenters. The molecule has 1 heterocycles. The van der Waals surface area contributed by atoms with Crippen LogP contribution < -0.4 is 4.74 Å². The first-order chi connectivity index (χ1) is 11.9. The molecule has 1 saturated heterocycles. The smallest absolute Gasteiger partial charge is 0.261 e. The molecule has 1 aromatic carbocycles. The number of ether oxygens (including phenoxy) is 1. The molecule has 2 aliphatic rings. The van der Waals surface area contributed by atoms with Crippen molar-refractivity contribution < 1.29 is 19.4 Å². The molecule has 1 aliphatic heterocycles. The molecule has 0 bridgehead atoms. The van der Waals surface area contributed by atoms with Gasteiger partial charge in [0.15, 0.2) is 5.78 Å². The van der Waals surface area contributed by atoms with E-state index in [-0.39, 0.29) is 29.6 Å². The molecular weight excluding hydrogens is 318 g/mol. The molecular formula is C20H25NO4. The van der Waals surface area contributed by atoms with E-state index in [1.54, 1.807) is 7.11 Å². The number of hydrogen-bond acceptors (Lipinski definition) is 4. The van der Waals surface area contributed by atoms with Crippen LogP contribution in [0, 0.1) is 5.41 Å². The van der Waals surface area contributed by atoms with E-state index in [1.807, 2.05) is 31.2 Å². The first-order valence-corrected chi connectivity index (χ1v) is 8.84. The number of benzene rings is 1. The molecule has 5 heteroatoms. The fraction of sp³-hybridized carbons (Fsp3) is 0.500. The lowest BCUT2D eigenvalue weighted by Gasteiger charge is -2.33. The van der Waals surface area contributed by atoms with E-state index in [0.29, 0.717) is 6.54 Å². The number of carbonyl (C=O) groups excluding carboxylic acids is 2. The highest BCUT2D eigenvalue weighted by Gasteiger charge is 2.42. The lowest BCUT2D eigenvalue weighted by atomic mass is 9.73. The van der Waals surface area contributed by atoms with E-state index in [0.717, 1.165) is 43.4 Å². The highest BCUT2D eigenvalue weighted by atomic mass is 16.5. The number of aliphatic hydroxyl groups is 1. The summed E-state index contributed by atoms with van der Waals surface area (Å²) in [5, 5.41) is 10.7. The van der Waals surface area contributed by atoms with Crippen LogP contribution in [0.15, 0.2) is 35.6 Å². The molecule has 0 radical (unpaired) electrons. The van der Waals surface area contributed by atoms with Gasteiger partial charge in [0, 0.05) is 12.0 Å². The van der Waals surface area contributed by atoms with Crippen LogP contribution in [-0.4, -0.2) is 35.4 Å². The Kier molecular flexibility index (Phi) is 4.84. The van der Waals surface area contributed by atoms with E-state index in [4.69, 9.17) is 4.74 Å². The average Bonchev–Trinajstić information content (AvgIpc) is 2.89. The molecule has 0 aromatic heterocycles. The highest BCUT2D eigenvalue weighted by molar-refractivity contribution is 6.25. The number of ketones is 1. The predicted molar refractivity (Wildman–Crippen MR) is 94.3 cm³/mol. The Hall–Kier alpha value is -2.30. The van der Waals surface area contributed by atoms with Crippen LogP contribution >= 0.6 is 0 Å². The summed E-state index contributed by atoms with van der Waals surface area (Å²) in [5.41, 5.74) is 0.471. The maximum atomic E-state index is 12.7. The third-order valence-corrected chi connectivity index (χ3v) is 5.41. The zero-order chi connectivity index (χ0) is 18.0. The second-order valence-electron chi connectivity index (χ2n) is 7.28. The monoisotopic (exact) mass is 343 g/mol. The summed E-state index contributed by atoms with van der Waals surface area (Å²) in [6.45, 7) is 2.34. The number of methoxy groups -OCH3 is 1. The summed E-state index contributed by atoms with van der Waals surface area (Å²) >= 11 is 0. The number of hydrogen-bond donors (Lipinski definition) is 1. The Labute approximate surface area is 148 Å². The lowest BCUT2D eigenvalue weighted by molar-refractivity contribution is -0.125. The van der Waals surface area contributed by atoms with Gasteiger partial charge in [0.1, 0.15) is 17.1 Å². The number of rotatable bonds is 4. The minimum atomic E-state index is -0.449. The van der Waals surface area contributed by atoms with Gasteiger partial charge in [0.25, 0.3) is 5.91 Å². The summed E-state index contributed by atoms with van der Waals surface area (Å²) in [7, 11) is 1.60. The summed E-state index contributed by atoms with van der Waals surface area (Å²) in [4.78, 5) is 26.6. The Bertz CT molecular complexity index is 699. The topological polar surface area (TPSA) is 66.8 Å². The van der Waals surface area contributed by atoms with Gasteiger partial charge in [-0.3, -0.25) is 9.59 Å². The van der Waals surface area contributed by atoms with Gasteiger partial charge in [0.2, 0.25) is 0 Å². The number of likely N-dealkylation sites (tertiary alicyclic amines) is 1. The second-order valence-corrected chi connectivity index (χ2v) is 7.28. The lowest BCUT2D eigenvalue weighted by Crippen LogP contribution is -2.28. The van der Waals surface area contributed by atoms with Crippen molar-refractivity contribution in [3.63, 3.8) is 0 Å². The average molecular weight is 343 g/mol. The van der Waals surface area contributed by atoms with Crippen LogP contribution in [-0.2, 0) is 16.1 Å². The van der Waals surface area contributed by atoms with Gasteiger partial charge in [-0.05, 0) is 30.5 Å². The van der Waals surface area contributed by atoms with Crippen molar-refractivity contribution in [3.05, 3.63) is 41.2 Å². The van der Waals surface area contributed by atoms with Crippen LogP contribution in [0.2, 0.25) is 0 Å². The standard InChI is InChI=1S/C20H25NO4/c1-20(10-4-3-5-11-20)18(23)17-16(22)13-21(19(17)24)12-14-6-8-15(25-2)9-7-14/h6-9,23H,3-5,10-13H2,1-2H3/b18-17+. The third kappa shape index (κ3) is 3.41. The molecule has 5 nitrogen and oxygen atoms in total. The van der Waals surface area contributed by atoms with Crippen LogP contribution in [0.3, 0.4) is 0 Å². The van der Waals surface area contributed by atoms with Gasteiger partial charge in [-0.1, -0.05) is 38.3 Å². The van der Waals surface area contributed by atoms with Gasteiger partial charge in [0.05, 0.1) is 13.7 Å². The number of nitrogens with zero attached hydrogens (tertiary/aromatic N) is 1. The van der Waals surface area contributed by atoms with Crippen molar-refractivity contribution in [2.45, 2.75) is 45.6 Å². The summed E-state index contributed by atoms with van der Waals surface area (Å²) in [6, 6.07) is 7.41. The second kappa shape index (κ2) is 6.90. The van der Waals surface area contributed by atoms with E-state index in [1.165, 1.54) is 4.90 Å². The molecule has 1 aromatic rings. The molecule has 1 amide bonds. The minimum absolute atomic E-state index is 0.000527. The molecule has 1 aliphatic carbocycles.